The van der Waals surface area contributed by atoms with Gasteiger partial charge in [0.15, 0.2) is 0 Å². The first kappa shape index (κ1) is 35.5. The maximum Gasteiger partial charge on any atom is 0.264 e. The van der Waals surface area contributed by atoms with Gasteiger partial charge in [-0.25, -0.2) is 8.42 Å². The molecule has 0 heterocycles. The minimum absolute atomic E-state index is 0.0147. The molecule has 0 radical (unpaired) electrons. The van der Waals surface area contributed by atoms with Crippen LogP contribution in [0.15, 0.2) is 106 Å². The molecule has 11 heteroatoms. The highest BCUT2D eigenvalue weighted by Crippen LogP contribution is 2.28. The van der Waals surface area contributed by atoms with Gasteiger partial charge in [-0.2, -0.15) is 0 Å². The molecular weight excluding hydrogens is 709 g/mol. The van der Waals surface area contributed by atoms with Crippen LogP contribution in [0.5, 0.6) is 0 Å². The quantitative estimate of drug-likeness (QED) is 0.152. The van der Waals surface area contributed by atoms with Crippen LogP contribution in [0.3, 0.4) is 0 Å². The summed E-state index contributed by atoms with van der Waals surface area (Å²) in [5, 5.41) is 3.63. The van der Waals surface area contributed by atoms with Gasteiger partial charge in [0.1, 0.15) is 12.6 Å². The van der Waals surface area contributed by atoms with E-state index in [-0.39, 0.29) is 29.7 Å². The molecule has 7 nitrogen and oxygen atoms in total. The van der Waals surface area contributed by atoms with Crippen LogP contribution in [-0.2, 0) is 32.6 Å². The van der Waals surface area contributed by atoms with Crippen molar-refractivity contribution in [3.05, 3.63) is 128 Å². The Labute approximate surface area is 289 Å². The third-order valence-electron chi connectivity index (χ3n) is 7.28. The first-order valence-electron chi connectivity index (χ1n) is 14.7. The molecule has 1 N–H and O–H groups in total. The van der Waals surface area contributed by atoms with Crippen LogP contribution < -0.4 is 9.62 Å². The van der Waals surface area contributed by atoms with Crippen molar-refractivity contribution in [3.63, 3.8) is 0 Å². The van der Waals surface area contributed by atoms with Crippen molar-refractivity contribution in [2.24, 2.45) is 5.92 Å². The molecule has 4 aromatic carbocycles. The standard InChI is InChI=1S/C35H36BrCl2N3O4S/c1-24(2)21-39-35(43)33(19-26-8-5-4-6-9-26)40(22-27-14-17-31(37)32(38)18-27)34(42)23-41(29-11-7-10-28(36)20-29)46(44,45)30-15-12-25(3)13-16-30/h4-18,20,24,33H,19,21-23H2,1-3H3,(H,39,43). The van der Waals surface area contributed by atoms with Gasteiger partial charge in [0.2, 0.25) is 11.8 Å². The molecule has 242 valence electrons. The van der Waals surface area contributed by atoms with Crippen LogP contribution in [0.4, 0.5) is 5.69 Å². The van der Waals surface area contributed by atoms with E-state index >= 15 is 0 Å². The van der Waals surface area contributed by atoms with E-state index < -0.39 is 28.5 Å². The predicted molar refractivity (Wildman–Crippen MR) is 189 cm³/mol. The number of aryl methyl sites for hydroxylation is 1. The molecule has 0 aromatic heterocycles. The molecule has 0 aliphatic heterocycles. The van der Waals surface area contributed by atoms with Gasteiger partial charge >= 0.3 is 0 Å². The van der Waals surface area contributed by atoms with Crippen LogP contribution in [0.2, 0.25) is 10.0 Å². The summed E-state index contributed by atoms with van der Waals surface area (Å²) in [6, 6.07) is 26.6. The van der Waals surface area contributed by atoms with Crippen molar-refractivity contribution < 1.29 is 18.0 Å². The number of carbonyl (C=O) groups is 2. The van der Waals surface area contributed by atoms with Gasteiger partial charge in [-0.1, -0.05) is 113 Å². The van der Waals surface area contributed by atoms with E-state index in [4.69, 9.17) is 23.2 Å². The Morgan fingerprint density at radius 1 is 0.848 bits per heavy atom. The Kier molecular flexibility index (Phi) is 12.3. The topological polar surface area (TPSA) is 86.8 Å². The monoisotopic (exact) mass is 743 g/mol. The maximum atomic E-state index is 14.5. The second-order valence-electron chi connectivity index (χ2n) is 11.4. The van der Waals surface area contributed by atoms with Crippen molar-refractivity contribution in [1.82, 2.24) is 10.2 Å². The van der Waals surface area contributed by atoms with Gasteiger partial charge in [-0.15, -0.1) is 0 Å². The number of carbonyl (C=O) groups excluding carboxylic acids is 2. The summed E-state index contributed by atoms with van der Waals surface area (Å²) in [6.07, 6.45) is 0.208. The minimum atomic E-state index is -4.20. The molecule has 1 unspecified atom stereocenters. The van der Waals surface area contributed by atoms with E-state index in [0.29, 0.717) is 32.3 Å². The molecule has 4 aromatic rings. The molecule has 0 bridgehead atoms. The number of amides is 2. The molecule has 4 rings (SSSR count). The highest BCUT2D eigenvalue weighted by Gasteiger charge is 2.34. The van der Waals surface area contributed by atoms with Crippen molar-refractivity contribution >= 4 is 66.7 Å². The number of halogens is 3. The second-order valence-corrected chi connectivity index (χ2v) is 15.0. The average molecular weight is 746 g/mol. The predicted octanol–water partition coefficient (Wildman–Crippen LogP) is 7.67. The third-order valence-corrected chi connectivity index (χ3v) is 10.3. The summed E-state index contributed by atoms with van der Waals surface area (Å²) >= 11 is 16.0. The summed E-state index contributed by atoms with van der Waals surface area (Å²) < 4.78 is 30.0. The first-order valence-corrected chi connectivity index (χ1v) is 17.7. The third kappa shape index (κ3) is 9.35. The van der Waals surface area contributed by atoms with E-state index in [1.807, 2.05) is 51.1 Å². The lowest BCUT2D eigenvalue weighted by Crippen LogP contribution is -2.53. The molecular formula is C35H36BrCl2N3O4S. The number of hydrogen-bond acceptors (Lipinski definition) is 4. The zero-order valence-corrected chi connectivity index (χ0v) is 29.7. The lowest BCUT2D eigenvalue weighted by molar-refractivity contribution is -0.140. The van der Waals surface area contributed by atoms with Crippen molar-refractivity contribution in [3.8, 4) is 0 Å². The zero-order chi connectivity index (χ0) is 33.4. The number of nitrogens with zero attached hydrogens (tertiary/aromatic N) is 2. The number of sulfonamides is 1. The Morgan fingerprint density at radius 2 is 1.54 bits per heavy atom. The molecule has 1 atom stereocenters. The fraction of sp³-hybridized carbons (Fsp3) is 0.257. The summed E-state index contributed by atoms with van der Waals surface area (Å²) in [6.45, 7) is 5.67. The molecule has 0 spiro atoms. The van der Waals surface area contributed by atoms with Gasteiger partial charge < -0.3 is 10.2 Å². The molecule has 0 fully saturated rings. The average Bonchev–Trinajstić information content (AvgIpc) is 3.02. The van der Waals surface area contributed by atoms with Crippen molar-refractivity contribution in [2.75, 3.05) is 17.4 Å². The zero-order valence-electron chi connectivity index (χ0n) is 25.8. The fourth-order valence-electron chi connectivity index (χ4n) is 4.81. The Morgan fingerprint density at radius 3 is 2.17 bits per heavy atom. The Bertz CT molecular complexity index is 1770. The summed E-state index contributed by atoms with van der Waals surface area (Å²) in [5.74, 6) is -0.740. The number of nitrogens with one attached hydrogen (secondary N) is 1. The SMILES string of the molecule is Cc1ccc(S(=O)(=O)N(CC(=O)N(Cc2ccc(Cl)c(Cl)c2)C(Cc2ccccc2)C(=O)NCC(C)C)c2cccc(Br)c2)cc1. The summed E-state index contributed by atoms with van der Waals surface area (Å²) in [4.78, 5) is 29.9. The van der Waals surface area contributed by atoms with Gasteiger partial charge in [0, 0.05) is 24.0 Å². The van der Waals surface area contributed by atoms with Crippen molar-refractivity contribution in [2.45, 2.75) is 44.7 Å². The highest BCUT2D eigenvalue weighted by atomic mass is 79.9. The fourth-order valence-corrected chi connectivity index (χ4v) is 6.92. The molecule has 0 aliphatic carbocycles. The van der Waals surface area contributed by atoms with Gasteiger partial charge in [-0.3, -0.25) is 13.9 Å². The van der Waals surface area contributed by atoms with E-state index in [1.54, 1.807) is 54.6 Å². The maximum absolute atomic E-state index is 14.5. The lowest BCUT2D eigenvalue weighted by Gasteiger charge is -2.34. The molecule has 46 heavy (non-hydrogen) atoms. The van der Waals surface area contributed by atoms with Crippen LogP contribution >= 0.6 is 39.1 Å². The Balaban J connectivity index is 1.81. The van der Waals surface area contributed by atoms with E-state index in [9.17, 15) is 18.0 Å². The highest BCUT2D eigenvalue weighted by molar-refractivity contribution is 9.10. The summed E-state index contributed by atoms with van der Waals surface area (Å²) in [5.41, 5.74) is 2.66. The minimum Gasteiger partial charge on any atom is -0.354 e. The molecule has 0 saturated carbocycles. The number of rotatable bonds is 13. The van der Waals surface area contributed by atoms with Crippen LogP contribution in [0.25, 0.3) is 0 Å². The molecule has 0 saturated heterocycles. The number of benzene rings is 4. The lowest BCUT2D eigenvalue weighted by atomic mass is 10.0. The van der Waals surface area contributed by atoms with E-state index in [0.717, 1.165) is 15.4 Å². The van der Waals surface area contributed by atoms with Crippen LogP contribution in [0.1, 0.15) is 30.5 Å². The number of hydrogen-bond donors (Lipinski definition) is 1. The van der Waals surface area contributed by atoms with E-state index in [2.05, 4.69) is 21.2 Å². The smallest absolute Gasteiger partial charge is 0.264 e. The first-order chi connectivity index (χ1) is 21.8. The van der Waals surface area contributed by atoms with Gasteiger partial charge in [0.25, 0.3) is 10.0 Å². The van der Waals surface area contributed by atoms with Crippen molar-refractivity contribution in [1.29, 1.82) is 0 Å². The van der Waals surface area contributed by atoms with Crippen LogP contribution in [0, 0.1) is 12.8 Å². The van der Waals surface area contributed by atoms with Gasteiger partial charge in [0.05, 0.1) is 20.6 Å². The summed E-state index contributed by atoms with van der Waals surface area (Å²) in [7, 11) is -4.20. The van der Waals surface area contributed by atoms with E-state index in [1.165, 1.54) is 17.0 Å². The molecule has 0 aliphatic rings. The second kappa shape index (κ2) is 16.0. The molecule has 2 amide bonds. The van der Waals surface area contributed by atoms with Gasteiger partial charge in [-0.05, 0) is 66.4 Å². The number of anilines is 1. The largest absolute Gasteiger partial charge is 0.354 e. The normalized spacial score (nSPS) is 12.1. The Hall–Kier alpha value is -3.37. The van der Waals surface area contributed by atoms with Crippen LogP contribution in [-0.4, -0.2) is 44.3 Å².